The van der Waals surface area contributed by atoms with Crippen LogP contribution in [0.25, 0.3) is 0 Å². The predicted octanol–water partition coefficient (Wildman–Crippen LogP) is 2.36. The molecular weight excluding hydrogens is 386 g/mol. The molecule has 0 saturated carbocycles. The lowest BCUT2D eigenvalue weighted by atomic mass is 9.95. The van der Waals surface area contributed by atoms with Gasteiger partial charge in [0.1, 0.15) is 0 Å². The van der Waals surface area contributed by atoms with E-state index in [0.717, 1.165) is 5.56 Å². The number of carbonyl (C=O) groups excluding carboxylic acids is 2. The number of nitrogens with zero attached hydrogens (tertiary/aromatic N) is 1. The molecule has 2 aromatic rings. The van der Waals surface area contributed by atoms with E-state index >= 15 is 0 Å². The molecule has 0 aliphatic carbocycles. The smallest absolute Gasteiger partial charge is 0.319 e. The summed E-state index contributed by atoms with van der Waals surface area (Å²) in [6.07, 6.45) is 0. The third kappa shape index (κ3) is 3.41. The molecule has 8 nitrogen and oxygen atoms in total. The van der Waals surface area contributed by atoms with Crippen molar-refractivity contribution in [2.45, 2.75) is 12.6 Å². The van der Waals surface area contributed by atoms with Crippen LogP contribution in [0.5, 0.6) is 17.2 Å². The number of urea groups is 1. The fraction of sp³-hybridized carbons (Fsp3) is 0.273. The minimum atomic E-state index is -0.629. The Morgan fingerprint density at radius 3 is 2.27 bits per heavy atom. The zero-order valence-electron chi connectivity index (χ0n) is 17.0. The standard InChI is InChI=1S/C22H23N3O5/c1-28-16-9-14(10-17(29-2)20(16)30-3)19-18-15(23-22(27)24-19)12-25(21(18)26)11-13-7-5-4-6-8-13/h4-10,19H,11-12H2,1-3H3,(H2,23,24,27). The molecule has 1 atom stereocenters. The lowest BCUT2D eigenvalue weighted by molar-refractivity contribution is -0.126. The number of carbonyl (C=O) groups is 2. The molecule has 0 bridgehead atoms. The van der Waals surface area contributed by atoms with Crippen LogP contribution in [-0.2, 0) is 11.3 Å². The molecule has 2 aliphatic heterocycles. The minimum Gasteiger partial charge on any atom is -0.493 e. The summed E-state index contributed by atoms with van der Waals surface area (Å²) in [5.74, 6) is 1.23. The van der Waals surface area contributed by atoms with Crippen LogP contribution < -0.4 is 24.8 Å². The van der Waals surface area contributed by atoms with Crippen molar-refractivity contribution in [2.75, 3.05) is 27.9 Å². The minimum absolute atomic E-state index is 0.125. The molecule has 0 aromatic heterocycles. The van der Waals surface area contributed by atoms with E-state index in [0.29, 0.717) is 47.2 Å². The highest BCUT2D eigenvalue weighted by Crippen LogP contribution is 2.42. The maximum absolute atomic E-state index is 13.3. The van der Waals surface area contributed by atoms with Gasteiger partial charge < -0.3 is 29.7 Å². The quantitative estimate of drug-likeness (QED) is 0.765. The molecule has 1 unspecified atom stereocenters. The topological polar surface area (TPSA) is 89.1 Å². The molecule has 2 N–H and O–H groups in total. The molecule has 3 amide bonds. The Balaban J connectivity index is 1.70. The first-order valence-electron chi connectivity index (χ1n) is 9.49. The van der Waals surface area contributed by atoms with Crippen LogP contribution in [0.4, 0.5) is 4.79 Å². The highest BCUT2D eigenvalue weighted by molar-refractivity contribution is 6.01. The Morgan fingerprint density at radius 2 is 1.67 bits per heavy atom. The van der Waals surface area contributed by atoms with Gasteiger partial charge in [0.25, 0.3) is 5.91 Å². The zero-order chi connectivity index (χ0) is 21.3. The molecule has 8 heteroatoms. The fourth-order valence-corrected chi connectivity index (χ4v) is 3.88. The molecule has 30 heavy (non-hydrogen) atoms. The lowest BCUT2D eigenvalue weighted by Crippen LogP contribution is -2.44. The van der Waals surface area contributed by atoms with Crippen molar-refractivity contribution in [1.82, 2.24) is 15.5 Å². The van der Waals surface area contributed by atoms with Crippen LogP contribution in [0.1, 0.15) is 17.2 Å². The fourth-order valence-electron chi connectivity index (χ4n) is 3.88. The predicted molar refractivity (Wildman–Crippen MR) is 109 cm³/mol. The monoisotopic (exact) mass is 409 g/mol. The van der Waals surface area contributed by atoms with Crippen molar-refractivity contribution in [3.63, 3.8) is 0 Å². The largest absolute Gasteiger partial charge is 0.493 e. The normalized spacial score (nSPS) is 18.0. The molecule has 156 valence electrons. The van der Waals surface area contributed by atoms with Crippen LogP contribution in [0, 0.1) is 0 Å². The second-order valence-corrected chi connectivity index (χ2v) is 7.03. The Kier molecular flexibility index (Phi) is 5.22. The van der Waals surface area contributed by atoms with Crippen LogP contribution >= 0.6 is 0 Å². The average Bonchev–Trinajstić information content (AvgIpc) is 3.07. The van der Waals surface area contributed by atoms with Gasteiger partial charge in [0.15, 0.2) is 11.5 Å². The maximum atomic E-state index is 13.3. The van der Waals surface area contributed by atoms with Crippen molar-refractivity contribution in [3.05, 3.63) is 64.9 Å². The van der Waals surface area contributed by atoms with Gasteiger partial charge in [0, 0.05) is 6.54 Å². The summed E-state index contributed by atoms with van der Waals surface area (Å²) in [6, 6.07) is 12.2. The van der Waals surface area contributed by atoms with E-state index in [1.165, 1.54) is 21.3 Å². The van der Waals surface area contributed by atoms with Crippen LogP contribution in [-0.4, -0.2) is 44.7 Å². The second-order valence-electron chi connectivity index (χ2n) is 7.03. The van der Waals surface area contributed by atoms with E-state index in [1.807, 2.05) is 30.3 Å². The molecule has 2 aliphatic rings. The molecule has 4 rings (SSSR count). The SMILES string of the molecule is COc1cc(C2NC(=O)NC3=C2C(=O)N(Cc2ccccc2)C3)cc(OC)c1OC. The molecule has 0 fully saturated rings. The first-order valence-corrected chi connectivity index (χ1v) is 9.49. The maximum Gasteiger partial charge on any atom is 0.319 e. The number of rotatable bonds is 6. The van der Waals surface area contributed by atoms with E-state index in [1.54, 1.807) is 17.0 Å². The van der Waals surface area contributed by atoms with Gasteiger partial charge in [0.2, 0.25) is 5.75 Å². The first kappa shape index (κ1) is 19.6. The number of hydrogen-bond donors (Lipinski definition) is 2. The molecule has 2 aromatic carbocycles. The van der Waals surface area contributed by atoms with Gasteiger partial charge in [-0.05, 0) is 23.3 Å². The first-order chi connectivity index (χ1) is 14.5. The third-order valence-electron chi connectivity index (χ3n) is 5.26. The zero-order valence-corrected chi connectivity index (χ0v) is 17.0. The average molecular weight is 409 g/mol. The number of benzene rings is 2. The van der Waals surface area contributed by atoms with Crippen molar-refractivity contribution in [3.8, 4) is 17.2 Å². The van der Waals surface area contributed by atoms with Crippen molar-refractivity contribution in [2.24, 2.45) is 0 Å². The Labute approximate surface area is 174 Å². The van der Waals surface area contributed by atoms with E-state index in [9.17, 15) is 9.59 Å². The highest BCUT2D eigenvalue weighted by Gasteiger charge is 2.40. The summed E-state index contributed by atoms with van der Waals surface area (Å²) in [4.78, 5) is 27.3. The van der Waals surface area contributed by atoms with Crippen LogP contribution in [0.2, 0.25) is 0 Å². The summed E-state index contributed by atoms with van der Waals surface area (Å²) in [6.45, 7) is 0.807. The Hall–Kier alpha value is -3.68. The van der Waals surface area contributed by atoms with Crippen molar-refractivity contribution in [1.29, 1.82) is 0 Å². The molecule has 2 heterocycles. The van der Waals surface area contributed by atoms with E-state index < -0.39 is 6.04 Å². The molecular formula is C22H23N3O5. The van der Waals surface area contributed by atoms with Crippen LogP contribution in [0.15, 0.2) is 53.7 Å². The Bertz CT molecular complexity index is 994. The van der Waals surface area contributed by atoms with E-state index in [4.69, 9.17) is 14.2 Å². The van der Waals surface area contributed by atoms with Gasteiger partial charge in [0.05, 0.1) is 45.2 Å². The van der Waals surface area contributed by atoms with E-state index in [2.05, 4.69) is 10.6 Å². The number of hydrogen-bond acceptors (Lipinski definition) is 5. The van der Waals surface area contributed by atoms with Crippen LogP contribution in [0.3, 0.4) is 0 Å². The molecule has 0 spiro atoms. The van der Waals surface area contributed by atoms with Crippen molar-refractivity contribution < 1.29 is 23.8 Å². The lowest BCUT2D eigenvalue weighted by Gasteiger charge is -2.26. The van der Waals surface area contributed by atoms with Gasteiger partial charge >= 0.3 is 6.03 Å². The summed E-state index contributed by atoms with van der Waals surface area (Å²) in [5, 5.41) is 5.64. The summed E-state index contributed by atoms with van der Waals surface area (Å²) in [7, 11) is 4.57. The summed E-state index contributed by atoms with van der Waals surface area (Å²) < 4.78 is 16.2. The number of methoxy groups -OCH3 is 3. The molecule has 0 radical (unpaired) electrons. The van der Waals surface area contributed by atoms with Crippen molar-refractivity contribution >= 4 is 11.9 Å². The Morgan fingerprint density at radius 1 is 1.00 bits per heavy atom. The van der Waals surface area contributed by atoms with Gasteiger partial charge in [-0.3, -0.25) is 4.79 Å². The highest BCUT2D eigenvalue weighted by atomic mass is 16.5. The number of ether oxygens (including phenoxy) is 3. The number of nitrogens with one attached hydrogen (secondary N) is 2. The van der Waals surface area contributed by atoms with Gasteiger partial charge in [-0.1, -0.05) is 30.3 Å². The number of amides is 3. The summed E-state index contributed by atoms with van der Waals surface area (Å²) in [5.41, 5.74) is 2.81. The third-order valence-corrected chi connectivity index (χ3v) is 5.26. The van der Waals surface area contributed by atoms with Gasteiger partial charge in [-0.25, -0.2) is 4.79 Å². The van der Waals surface area contributed by atoms with E-state index in [-0.39, 0.29) is 11.9 Å². The summed E-state index contributed by atoms with van der Waals surface area (Å²) >= 11 is 0. The van der Waals surface area contributed by atoms with Gasteiger partial charge in [-0.2, -0.15) is 0 Å². The van der Waals surface area contributed by atoms with Gasteiger partial charge in [-0.15, -0.1) is 0 Å². The molecule has 0 saturated heterocycles. The second kappa shape index (κ2) is 7.98.